The summed E-state index contributed by atoms with van der Waals surface area (Å²) in [5.74, 6) is -2.57. The number of carboxylic acids is 1. The fraction of sp³-hybridized carbons (Fsp3) is 0.385. The lowest BCUT2D eigenvalue weighted by Crippen LogP contribution is -2.39. The number of rotatable bonds is 4. The molecule has 1 aromatic rings. The van der Waals surface area contributed by atoms with Crippen molar-refractivity contribution >= 4 is 17.8 Å². The predicted octanol–water partition coefficient (Wildman–Crippen LogP) is 0.673. The molecule has 10 heteroatoms. The molecule has 1 aliphatic rings. The lowest BCUT2D eigenvalue weighted by Gasteiger charge is -2.18. The van der Waals surface area contributed by atoms with Crippen molar-refractivity contribution in [2.45, 2.75) is 18.6 Å². The van der Waals surface area contributed by atoms with Crippen LogP contribution in [0.4, 0.5) is 13.2 Å². The average molecular weight is 331 g/mol. The predicted molar refractivity (Wildman–Crippen MR) is 69.7 cm³/mol. The fourth-order valence-electron chi connectivity index (χ4n) is 2.16. The Hall–Kier alpha value is -2.65. The van der Waals surface area contributed by atoms with E-state index in [1.807, 2.05) is 0 Å². The summed E-state index contributed by atoms with van der Waals surface area (Å²) in [6, 6.07) is 1.62. The summed E-state index contributed by atoms with van der Waals surface area (Å²) >= 11 is 0. The fourth-order valence-corrected chi connectivity index (χ4v) is 2.16. The number of aromatic nitrogens is 1. The highest BCUT2D eigenvalue weighted by atomic mass is 19.4. The van der Waals surface area contributed by atoms with E-state index in [-0.39, 0.29) is 24.2 Å². The molecule has 1 atom stereocenters. The van der Waals surface area contributed by atoms with Crippen molar-refractivity contribution in [1.82, 2.24) is 15.2 Å². The lowest BCUT2D eigenvalue weighted by atomic mass is 10.2. The number of aromatic carboxylic acids is 1. The number of nitrogens with one attached hydrogen (secondary N) is 1. The van der Waals surface area contributed by atoms with Gasteiger partial charge >= 0.3 is 12.1 Å². The van der Waals surface area contributed by atoms with Gasteiger partial charge in [0.05, 0.1) is 11.6 Å². The number of hydrogen-bond acceptors (Lipinski definition) is 4. The van der Waals surface area contributed by atoms with Gasteiger partial charge in [-0.2, -0.15) is 13.2 Å². The largest absolute Gasteiger partial charge is 0.477 e. The average Bonchev–Trinajstić information content (AvgIpc) is 2.76. The van der Waals surface area contributed by atoms with Crippen molar-refractivity contribution in [2.24, 2.45) is 0 Å². The molecule has 124 valence electrons. The molecule has 23 heavy (non-hydrogen) atoms. The number of carboxylic acid groups (broad SMARTS) is 1. The van der Waals surface area contributed by atoms with Crippen molar-refractivity contribution in [3.63, 3.8) is 0 Å². The van der Waals surface area contributed by atoms with E-state index in [9.17, 15) is 27.6 Å². The van der Waals surface area contributed by atoms with Crippen LogP contribution in [0.25, 0.3) is 0 Å². The highest BCUT2D eigenvalue weighted by Crippen LogP contribution is 2.21. The van der Waals surface area contributed by atoms with E-state index >= 15 is 0 Å². The summed E-state index contributed by atoms with van der Waals surface area (Å²) in [5, 5.41) is 11.1. The van der Waals surface area contributed by atoms with Crippen LogP contribution in [0.5, 0.6) is 0 Å². The minimum absolute atomic E-state index is 0.0525. The number of halogens is 3. The standard InChI is InChI=1S/C13H12F3N3O4/c14-13(15,16)6-19-5-8(3-10(19)20)18-11(21)7-1-2-9(12(22)23)17-4-7/h1-2,4,8H,3,5-6H2,(H,18,21)(H,22,23). The molecule has 2 N–H and O–H groups in total. The number of pyridine rings is 1. The minimum atomic E-state index is -4.49. The molecule has 1 aliphatic heterocycles. The quantitative estimate of drug-likeness (QED) is 0.845. The molecule has 0 bridgehead atoms. The summed E-state index contributed by atoms with van der Waals surface area (Å²) in [7, 11) is 0. The zero-order chi connectivity index (χ0) is 17.2. The number of carbonyl (C=O) groups excluding carboxylic acids is 2. The van der Waals surface area contributed by atoms with Crippen LogP contribution in [0.1, 0.15) is 27.3 Å². The summed E-state index contributed by atoms with van der Waals surface area (Å²) in [5.41, 5.74) is -0.189. The van der Waals surface area contributed by atoms with Crippen molar-refractivity contribution in [3.05, 3.63) is 29.6 Å². The second-order valence-electron chi connectivity index (χ2n) is 5.00. The zero-order valence-electron chi connectivity index (χ0n) is 11.6. The molecule has 1 fully saturated rings. The van der Waals surface area contributed by atoms with Crippen LogP contribution in [0, 0.1) is 0 Å². The van der Waals surface area contributed by atoms with Gasteiger partial charge in [-0.25, -0.2) is 9.78 Å². The monoisotopic (exact) mass is 331 g/mol. The van der Waals surface area contributed by atoms with Crippen LogP contribution in [0.15, 0.2) is 18.3 Å². The second-order valence-corrected chi connectivity index (χ2v) is 5.00. The Morgan fingerprint density at radius 3 is 2.61 bits per heavy atom. The summed E-state index contributed by atoms with van der Waals surface area (Å²) in [6.45, 7) is -1.59. The molecule has 1 saturated heterocycles. The van der Waals surface area contributed by atoms with E-state index in [0.29, 0.717) is 4.90 Å². The van der Waals surface area contributed by atoms with E-state index in [1.165, 1.54) is 6.07 Å². The van der Waals surface area contributed by atoms with Crippen LogP contribution >= 0.6 is 0 Å². The Balaban J connectivity index is 1.96. The van der Waals surface area contributed by atoms with Gasteiger partial charge < -0.3 is 15.3 Å². The van der Waals surface area contributed by atoms with Gasteiger partial charge in [-0.3, -0.25) is 9.59 Å². The Kier molecular flexibility index (Phi) is 4.52. The third kappa shape index (κ3) is 4.41. The number of alkyl halides is 3. The lowest BCUT2D eigenvalue weighted by molar-refractivity contribution is -0.157. The van der Waals surface area contributed by atoms with Crippen LogP contribution < -0.4 is 5.32 Å². The molecule has 1 unspecified atom stereocenters. The summed E-state index contributed by atoms with van der Waals surface area (Å²) in [6.07, 6.45) is -3.67. The van der Waals surface area contributed by atoms with Crippen LogP contribution in [0.3, 0.4) is 0 Å². The number of nitrogens with zero attached hydrogens (tertiary/aromatic N) is 2. The Morgan fingerprint density at radius 1 is 1.39 bits per heavy atom. The topological polar surface area (TPSA) is 99.6 Å². The van der Waals surface area contributed by atoms with Gasteiger partial charge in [-0.15, -0.1) is 0 Å². The maximum Gasteiger partial charge on any atom is 0.406 e. The second kappa shape index (κ2) is 6.23. The highest BCUT2D eigenvalue weighted by Gasteiger charge is 2.38. The van der Waals surface area contributed by atoms with Crippen LogP contribution in [-0.2, 0) is 4.79 Å². The smallest absolute Gasteiger partial charge is 0.406 e. The first-order valence-corrected chi connectivity index (χ1v) is 6.50. The summed E-state index contributed by atoms with van der Waals surface area (Å²) in [4.78, 5) is 38.3. The SMILES string of the molecule is O=C(NC1CC(=O)N(CC(F)(F)F)C1)c1ccc(C(=O)O)nc1. The van der Waals surface area contributed by atoms with Crippen LogP contribution in [0.2, 0.25) is 0 Å². The van der Waals surface area contributed by atoms with Gasteiger partial charge in [0.1, 0.15) is 12.2 Å². The summed E-state index contributed by atoms with van der Waals surface area (Å²) < 4.78 is 36.9. The number of carbonyl (C=O) groups is 3. The Morgan fingerprint density at radius 2 is 2.09 bits per heavy atom. The highest BCUT2D eigenvalue weighted by molar-refractivity contribution is 5.95. The van der Waals surface area contributed by atoms with Gasteiger partial charge in [0.15, 0.2) is 0 Å². The molecule has 7 nitrogen and oxygen atoms in total. The first-order chi connectivity index (χ1) is 10.7. The third-order valence-electron chi connectivity index (χ3n) is 3.16. The van der Waals surface area contributed by atoms with E-state index in [1.54, 1.807) is 0 Å². The molecule has 0 aliphatic carbocycles. The molecule has 0 saturated carbocycles. The molecule has 2 rings (SSSR count). The van der Waals surface area contributed by atoms with E-state index in [4.69, 9.17) is 5.11 Å². The number of hydrogen-bond donors (Lipinski definition) is 2. The molecular formula is C13H12F3N3O4. The molecule has 2 heterocycles. The molecule has 1 aromatic heterocycles. The van der Waals surface area contributed by atoms with E-state index in [2.05, 4.69) is 10.3 Å². The minimum Gasteiger partial charge on any atom is -0.477 e. The first-order valence-electron chi connectivity index (χ1n) is 6.50. The first kappa shape index (κ1) is 16.7. The maximum absolute atomic E-state index is 12.3. The molecule has 0 spiro atoms. The van der Waals surface area contributed by atoms with E-state index < -0.39 is 36.5 Å². The van der Waals surface area contributed by atoms with Crippen molar-refractivity contribution < 1.29 is 32.7 Å². The van der Waals surface area contributed by atoms with Crippen molar-refractivity contribution in [2.75, 3.05) is 13.1 Å². The Labute approximate surface area is 128 Å². The van der Waals surface area contributed by atoms with Gasteiger partial charge in [0.2, 0.25) is 5.91 Å². The molecule has 0 radical (unpaired) electrons. The van der Waals surface area contributed by atoms with Gasteiger partial charge in [0, 0.05) is 19.2 Å². The number of likely N-dealkylation sites (tertiary alicyclic amines) is 1. The van der Waals surface area contributed by atoms with Gasteiger partial charge in [-0.1, -0.05) is 0 Å². The Bertz CT molecular complexity index is 630. The van der Waals surface area contributed by atoms with Crippen LogP contribution in [-0.4, -0.2) is 58.1 Å². The normalized spacial score (nSPS) is 18.1. The van der Waals surface area contributed by atoms with Gasteiger partial charge in [-0.05, 0) is 12.1 Å². The van der Waals surface area contributed by atoms with Crippen molar-refractivity contribution in [1.29, 1.82) is 0 Å². The molecule has 0 aromatic carbocycles. The van der Waals surface area contributed by atoms with Crippen molar-refractivity contribution in [3.8, 4) is 0 Å². The third-order valence-corrected chi connectivity index (χ3v) is 3.16. The number of amides is 2. The van der Waals surface area contributed by atoms with Gasteiger partial charge in [0.25, 0.3) is 5.91 Å². The van der Waals surface area contributed by atoms with E-state index in [0.717, 1.165) is 12.3 Å². The molecular weight excluding hydrogens is 319 g/mol. The zero-order valence-corrected chi connectivity index (χ0v) is 11.6. The maximum atomic E-state index is 12.3. The molecule has 2 amide bonds.